The van der Waals surface area contributed by atoms with E-state index in [0.717, 1.165) is 0 Å². The minimum Gasteiger partial charge on any atom is -0.352 e. The average Bonchev–Trinajstić information content (AvgIpc) is 2.66. The third-order valence-electron chi connectivity index (χ3n) is 5.20. The van der Waals surface area contributed by atoms with Crippen LogP contribution in [0.2, 0.25) is 0 Å². The maximum Gasteiger partial charge on any atom is 0.224 e. The number of piperidine rings is 1. The van der Waals surface area contributed by atoms with Crippen molar-refractivity contribution in [2.24, 2.45) is 28.6 Å². The molecule has 2 heteroatoms. The SMILES string of the molecule is CC(C)C1NC(=O)C(C(C)C)C2(C)CC12C. The summed E-state index contributed by atoms with van der Waals surface area (Å²) in [4.78, 5) is 12.2. The zero-order chi connectivity index (χ0) is 12.3. The van der Waals surface area contributed by atoms with Crippen molar-refractivity contribution in [2.75, 3.05) is 0 Å². The first kappa shape index (κ1) is 11.9. The Hall–Kier alpha value is -0.530. The lowest BCUT2D eigenvalue weighted by Gasteiger charge is -2.42. The molecule has 1 N–H and O–H groups in total. The van der Waals surface area contributed by atoms with Gasteiger partial charge in [-0.2, -0.15) is 0 Å². The number of amides is 1. The van der Waals surface area contributed by atoms with Gasteiger partial charge in [0.25, 0.3) is 0 Å². The summed E-state index contributed by atoms with van der Waals surface area (Å²) in [6, 6.07) is 0.361. The zero-order valence-corrected chi connectivity index (χ0v) is 11.4. The topological polar surface area (TPSA) is 29.1 Å². The van der Waals surface area contributed by atoms with Gasteiger partial charge in [-0.15, -0.1) is 0 Å². The molecule has 1 amide bonds. The second kappa shape index (κ2) is 3.24. The highest BCUT2D eigenvalue weighted by atomic mass is 16.2. The molecule has 0 aromatic rings. The highest BCUT2D eigenvalue weighted by Crippen LogP contribution is 2.72. The molecule has 0 aromatic carbocycles. The normalized spacial score (nSPS) is 46.9. The van der Waals surface area contributed by atoms with Gasteiger partial charge in [0.15, 0.2) is 0 Å². The molecule has 0 aromatic heterocycles. The second-order valence-corrected chi connectivity index (χ2v) is 6.96. The first-order valence-corrected chi connectivity index (χ1v) is 6.54. The minimum atomic E-state index is 0.201. The van der Waals surface area contributed by atoms with Gasteiger partial charge >= 0.3 is 0 Å². The largest absolute Gasteiger partial charge is 0.352 e. The van der Waals surface area contributed by atoms with E-state index in [1.54, 1.807) is 0 Å². The van der Waals surface area contributed by atoms with Crippen LogP contribution in [0.1, 0.15) is 48.0 Å². The molecule has 4 atom stereocenters. The molecule has 0 bridgehead atoms. The average molecular weight is 223 g/mol. The van der Waals surface area contributed by atoms with Crippen molar-refractivity contribution in [2.45, 2.75) is 54.0 Å². The third kappa shape index (κ3) is 1.28. The summed E-state index contributed by atoms with van der Waals surface area (Å²) < 4.78 is 0. The van der Waals surface area contributed by atoms with Crippen LogP contribution in [0.25, 0.3) is 0 Å². The molecule has 0 spiro atoms. The molecular formula is C14H25NO. The van der Waals surface area contributed by atoms with E-state index in [-0.39, 0.29) is 17.2 Å². The molecule has 2 rings (SSSR count). The number of fused-ring (bicyclic) bond motifs is 1. The van der Waals surface area contributed by atoms with Crippen LogP contribution in [-0.4, -0.2) is 11.9 Å². The van der Waals surface area contributed by atoms with E-state index in [0.29, 0.717) is 23.3 Å². The summed E-state index contributed by atoms with van der Waals surface area (Å²) in [5.41, 5.74) is 0.558. The Kier molecular flexibility index (Phi) is 2.42. The van der Waals surface area contributed by atoms with Crippen LogP contribution in [0, 0.1) is 28.6 Å². The van der Waals surface area contributed by atoms with E-state index in [9.17, 15) is 4.79 Å². The van der Waals surface area contributed by atoms with Gasteiger partial charge in [0.05, 0.1) is 0 Å². The van der Waals surface area contributed by atoms with Crippen molar-refractivity contribution in [1.29, 1.82) is 0 Å². The third-order valence-corrected chi connectivity index (χ3v) is 5.20. The van der Waals surface area contributed by atoms with Gasteiger partial charge in [-0.05, 0) is 29.1 Å². The van der Waals surface area contributed by atoms with Crippen LogP contribution in [0.4, 0.5) is 0 Å². The van der Waals surface area contributed by atoms with E-state index in [1.165, 1.54) is 6.42 Å². The molecular weight excluding hydrogens is 198 g/mol. The summed E-state index contributed by atoms with van der Waals surface area (Å²) in [5, 5.41) is 3.27. The molecule has 1 saturated carbocycles. The Morgan fingerprint density at radius 2 is 1.69 bits per heavy atom. The van der Waals surface area contributed by atoms with Crippen molar-refractivity contribution in [3.05, 3.63) is 0 Å². The van der Waals surface area contributed by atoms with Gasteiger partial charge in [0, 0.05) is 12.0 Å². The Balaban J connectivity index is 2.32. The van der Waals surface area contributed by atoms with Gasteiger partial charge in [0.2, 0.25) is 5.91 Å². The van der Waals surface area contributed by atoms with Crippen molar-refractivity contribution in [3.8, 4) is 0 Å². The molecule has 2 fully saturated rings. The van der Waals surface area contributed by atoms with Gasteiger partial charge < -0.3 is 5.32 Å². The van der Waals surface area contributed by atoms with Gasteiger partial charge in [-0.1, -0.05) is 41.5 Å². The molecule has 2 aliphatic rings. The molecule has 1 saturated heterocycles. The lowest BCUT2D eigenvalue weighted by molar-refractivity contribution is -0.135. The summed E-state index contributed by atoms with van der Waals surface area (Å²) in [6.07, 6.45) is 1.20. The van der Waals surface area contributed by atoms with E-state index in [1.807, 2.05) is 0 Å². The Morgan fingerprint density at radius 3 is 2.12 bits per heavy atom. The molecule has 16 heavy (non-hydrogen) atoms. The second-order valence-electron chi connectivity index (χ2n) is 6.96. The first-order chi connectivity index (χ1) is 7.24. The molecule has 1 aliphatic heterocycles. The van der Waals surface area contributed by atoms with Crippen LogP contribution in [0.3, 0.4) is 0 Å². The lowest BCUT2D eigenvalue weighted by Crippen LogP contribution is -2.56. The van der Waals surface area contributed by atoms with Crippen LogP contribution < -0.4 is 5.32 Å². The zero-order valence-electron chi connectivity index (χ0n) is 11.4. The number of rotatable bonds is 2. The summed E-state index contributed by atoms with van der Waals surface area (Å²) >= 11 is 0. The van der Waals surface area contributed by atoms with Gasteiger partial charge in [-0.25, -0.2) is 0 Å². The maximum atomic E-state index is 12.2. The maximum absolute atomic E-state index is 12.2. The number of hydrogen-bond donors (Lipinski definition) is 1. The highest BCUT2D eigenvalue weighted by molar-refractivity contribution is 5.82. The van der Waals surface area contributed by atoms with Crippen LogP contribution >= 0.6 is 0 Å². The fraction of sp³-hybridized carbons (Fsp3) is 0.929. The fourth-order valence-electron chi connectivity index (χ4n) is 4.28. The predicted octanol–water partition coefficient (Wildman–Crippen LogP) is 2.83. The van der Waals surface area contributed by atoms with E-state index >= 15 is 0 Å². The Bertz CT molecular complexity index is 323. The van der Waals surface area contributed by atoms with Crippen molar-refractivity contribution >= 4 is 5.91 Å². The summed E-state index contributed by atoms with van der Waals surface area (Å²) in [5.74, 6) is 1.46. The number of nitrogens with one attached hydrogen (secondary N) is 1. The molecule has 4 unspecified atom stereocenters. The molecule has 92 valence electrons. The number of hydrogen-bond acceptors (Lipinski definition) is 1. The number of carbonyl (C=O) groups excluding carboxylic acids is 1. The van der Waals surface area contributed by atoms with Crippen molar-refractivity contribution in [1.82, 2.24) is 5.32 Å². The summed E-state index contributed by atoms with van der Waals surface area (Å²) in [6.45, 7) is 13.4. The smallest absolute Gasteiger partial charge is 0.224 e. The highest BCUT2D eigenvalue weighted by Gasteiger charge is 2.72. The number of carbonyl (C=O) groups is 1. The fourth-order valence-corrected chi connectivity index (χ4v) is 4.28. The minimum absolute atomic E-state index is 0.201. The molecule has 0 radical (unpaired) electrons. The van der Waals surface area contributed by atoms with Crippen LogP contribution in [0.5, 0.6) is 0 Å². The molecule has 1 heterocycles. The molecule has 1 aliphatic carbocycles. The first-order valence-electron chi connectivity index (χ1n) is 6.54. The van der Waals surface area contributed by atoms with Crippen molar-refractivity contribution < 1.29 is 4.79 Å². The Morgan fingerprint density at radius 1 is 1.12 bits per heavy atom. The van der Waals surface area contributed by atoms with Gasteiger partial charge in [-0.3, -0.25) is 4.79 Å². The van der Waals surface area contributed by atoms with Gasteiger partial charge in [0.1, 0.15) is 0 Å². The van der Waals surface area contributed by atoms with Crippen LogP contribution in [0.15, 0.2) is 0 Å². The van der Waals surface area contributed by atoms with E-state index < -0.39 is 0 Å². The lowest BCUT2D eigenvalue weighted by atomic mass is 9.69. The van der Waals surface area contributed by atoms with Crippen molar-refractivity contribution in [3.63, 3.8) is 0 Å². The quantitative estimate of drug-likeness (QED) is 0.766. The van der Waals surface area contributed by atoms with E-state index in [2.05, 4.69) is 46.9 Å². The van der Waals surface area contributed by atoms with Crippen LogP contribution in [-0.2, 0) is 4.79 Å². The monoisotopic (exact) mass is 223 g/mol. The molecule has 2 nitrogen and oxygen atoms in total. The van der Waals surface area contributed by atoms with E-state index in [4.69, 9.17) is 0 Å². The predicted molar refractivity (Wildman–Crippen MR) is 65.9 cm³/mol. The Labute approximate surface area is 99.2 Å². The summed E-state index contributed by atoms with van der Waals surface area (Å²) in [7, 11) is 0. The standard InChI is InChI=1S/C14H25NO/c1-8(2)10-12(16)15-11(9(3)4)14(6)7-13(10,14)5/h8-11H,7H2,1-6H3,(H,15,16).